The van der Waals surface area contributed by atoms with Gasteiger partial charge < -0.3 is 9.80 Å². The molecule has 178 valence electrons. The van der Waals surface area contributed by atoms with Crippen molar-refractivity contribution in [1.82, 2.24) is 29.6 Å². The van der Waals surface area contributed by atoms with Crippen LogP contribution in [-0.4, -0.2) is 56.2 Å². The number of aromatic nitrogens is 5. The smallest absolute Gasteiger partial charge is 0.254 e. The van der Waals surface area contributed by atoms with Gasteiger partial charge in [0.2, 0.25) is 5.95 Å². The van der Waals surface area contributed by atoms with Gasteiger partial charge in [-0.15, -0.1) is 10.2 Å². The minimum atomic E-state index is -0.302. The molecular formula is C26H26FN7O. The molecule has 0 bridgehead atoms. The normalized spacial score (nSPS) is 15.7. The Morgan fingerprint density at radius 2 is 1.83 bits per heavy atom. The van der Waals surface area contributed by atoms with Gasteiger partial charge in [-0.2, -0.15) is 0 Å². The maximum Gasteiger partial charge on any atom is 0.254 e. The second-order valence-electron chi connectivity index (χ2n) is 8.80. The molecule has 0 saturated carbocycles. The van der Waals surface area contributed by atoms with E-state index in [0.717, 1.165) is 41.8 Å². The summed E-state index contributed by atoms with van der Waals surface area (Å²) in [5.41, 5.74) is 3.81. The van der Waals surface area contributed by atoms with Crippen LogP contribution in [-0.2, 0) is 0 Å². The number of anilines is 1. The Balaban J connectivity index is 1.55. The highest BCUT2D eigenvalue weighted by atomic mass is 19.1. The van der Waals surface area contributed by atoms with Crippen LogP contribution < -0.4 is 4.90 Å². The van der Waals surface area contributed by atoms with Gasteiger partial charge >= 0.3 is 0 Å². The summed E-state index contributed by atoms with van der Waals surface area (Å²) in [4.78, 5) is 26.9. The number of hydrogen-bond acceptors (Lipinski definition) is 6. The van der Waals surface area contributed by atoms with E-state index >= 15 is 0 Å². The molecule has 35 heavy (non-hydrogen) atoms. The number of benzene rings is 2. The number of carbonyl (C=O) groups excluding carboxylic acids is 1. The standard InChI is InChI=1S/C26H26FN7O/c1-32(2)26-28-15-22(18-9-11-20(27)12-10-18)24(31-26)23-8-3-4-13-34(23)25(35)19-6-5-7-21(14-19)33-16-29-30-17-33/h5-7,9-12,14-17,23H,3-4,8,13H2,1-2H3. The first-order valence-corrected chi connectivity index (χ1v) is 11.6. The van der Waals surface area contributed by atoms with Gasteiger partial charge in [0.15, 0.2) is 0 Å². The maximum atomic E-state index is 13.8. The lowest BCUT2D eigenvalue weighted by Crippen LogP contribution is -2.39. The molecular weight excluding hydrogens is 445 g/mol. The quantitative estimate of drug-likeness (QED) is 0.432. The summed E-state index contributed by atoms with van der Waals surface area (Å²) in [5.74, 6) is 0.210. The largest absolute Gasteiger partial charge is 0.347 e. The monoisotopic (exact) mass is 471 g/mol. The molecule has 1 aliphatic rings. The molecule has 0 radical (unpaired) electrons. The zero-order chi connectivity index (χ0) is 24.4. The van der Waals surface area contributed by atoms with Gasteiger partial charge in [0.1, 0.15) is 18.5 Å². The van der Waals surface area contributed by atoms with Crippen LogP contribution in [0.4, 0.5) is 10.3 Å². The van der Waals surface area contributed by atoms with E-state index in [9.17, 15) is 9.18 Å². The summed E-state index contributed by atoms with van der Waals surface area (Å²) in [7, 11) is 3.77. The van der Waals surface area contributed by atoms with Gasteiger partial charge in [-0.05, 0) is 55.2 Å². The van der Waals surface area contributed by atoms with E-state index in [1.807, 2.05) is 48.2 Å². The highest BCUT2D eigenvalue weighted by Gasteiger charge is 2.32. The molecule has 0 N–H and O–H groups in total. The van der Waals surface area contributed by atoms with Gasteiger partial charge in [-0.1, -0.05) is 18.2 Å². The van der Waals surface area contributed by atoms with Crippen LogP contribution >= 0.6 is 0 Å². The summed E-state index contributed by atoms with van der Waals surface area (Å²) in [6.45, 7) is 0.629. The molecule has 1 aliphatic heterocycles. The van der Waals surface area contributed by atoms with Crippen LogP contribution in [0.5, 0.6) is 0 Å². The summed E-state index contributed by atoms with van der Waals surface area (Å²) in [6.07, 6.45) is 7.67. The fourth-order valence-corrected chi connectivity index (χ4v) is 4.46. The third-order valence-electron chi connectivity index (χ3n) is 6.25. The zero-order valence-electron chi connectivity index (χ0n) is 19.7. The molecule has 5 rings (SSSR count). The summed E-state index contributed by atoms with van der Waals surface area (Å²) in [6, 6.07) is 13.5. The van der Waals surface area contributed by atoms with Crippen LogP contribution in [0.3, 0.4) is 0 Å². The molecule has 1 fully saturated rings. The van der Waals surface area contributed by atoms with Crippen molar-refractivity contribution in [3.05, 3.63) is 84.5 Å². The molecule has 9 heteroatoms. The topological polar surface area (TPSA) is 80.0 Å². The lowest BCUT2D eigenvalue weighted by Gasteiger charge is -2.36. The number of amides is 1. The maximum absolute atomic E-state index is 13.8. The first kappa shape index (κ1) is 22.6. The Morgan fingerprint density at radius 3 is 2.57 bits per heavy atom. The molecule has 0 aliphatic carbocycles. The van der Waals surface area contributed by atoms with E-state index in [4.69, 9.17) is 4.98 Å². The predicted molar refractivity (Wildman–Crippen MR) is 131 cm³/mol. The third kappa shape index (κ3) is 4.62. The van der Waals surface area contributed by atoms with Crippen LogP contribution in [0.1, 0.15) is 41.4 Å². The SMILES string of the molecule is CN(C)c1ncc(-c2ccc(F)cc2)c(C2CCCCN2C(=O)c2cccc(-n3cnnc3)c2)n1. The fraction of sp³-hybridized carbons (Fsp3) is 0.269. The van der Waals surface area contributed by atoms with Crippen LogP contribution in [0.25, 0.3) is 16.8 Å². The average molecular weight is 472 g/mol. The van der Waals surface area contributed by atoms with Crippen molar-refractivity contribution in [3.63, 3.8) is 0 Å². The molecule has 8 nitrogen and oxygen atoms in total. The number of likely N-dealkylation sites (tertiary alicyclic amines) is 1. The number of nitrogens with zero attached hydrogens (tertiary/aromatic N) is 7. The Bertz CT molecular complexity index is 1320. The Hall–Kier alpha value is -4.14. The van der Waals surface area contributed by atoms with Gasteiger partial charge in [0.25, 0.3) is 5.91 Å². The van der Waals surface area contributed by atoms with E-state index in [-0.39, 0.29) is 17.8 Å². The van der Waals surface area contributed by atoms with E-state index < -0.39 is 0 Å². The molecule has 2 aromatic carbocycles. The van der Waals surface area contributed by atoms with Gasteiger partial charge in [-0.3, -0.25) is 9.36 Å². The molecule has 1 saturated heterocycles. The Kier molecular flexibility index (Phi) is 6.22. The van der Waals surface area contributed by atoms with Crippen molar-refractivity contribution in [2.24, 2.45) is 0 Å². The minimum Gasteiger partial charge on any atom is -0.347 e. The second kappa shape index (κ2) is 9.61. The van der Waals surface area contributed by atoms with Crippen molar-refractivity contribution in [1.29, 1.82) is 0 Å². The lowest BCUT2D eigenvalue weighted by molar-refractivity contribution is 0.0607. The first-order valence-electron chi connectivity index (χ1n) is 11.6. The van der Waals surface area contributed by atoms with Crippen LogP contribution in [0.2, 0.25) is 0 Å². The van der Waals surface area contributed by atoms with E-state index in [0.29, 0.717) is 18.1 Å². The molecule has 1 amide bonds. The summed E-state index contributed by atoms with van der Waals surface area (Å²) >= 11 is 0. The minimum absolute atomic E-state index is 0.0558. The Morgan fingerprint density at radius 1 is 1.06 bits per heavy atom. The molecule has 0 spiro atoms. The van der Waals surface area contributed by atoms with Gasteiger partial charge in [0.05, 0.1) is 11.7 Å². The lowest BCUT2D eigenvalue weighted by atomic mass is 9.93. The van der Waals surface area contributed by atoms with Crippen LogP contribution in [0, 0.1) is 5.82 Å². The van der Waals surface area contributed by atoms with Crippen molar-refractivity contribution in [2.75, 3.05) is 25.5 Å². The van der Waals surface area contributed by atoms with Gasteiger partial charge in [-0.25, -0.2) is 14.4 Å². The number of rotatable bonds is 5. The Labute approximate surface area is 203 Å². The highest BCUT2D eigenvalue weighted by molar-refractivity contribution is 5.95. The molecule has 3 heterocycles. The summed E-state index contributed by atoms with van der Waals surface area (Å²) < 4.78 is 15.4. The molecule has 4 aromatic rings. The van der Waals surface area contributed by atoms with Crippen molar-refractivity contribution in [2.45, 2.75) is 25.3 Å². The molecule has 1 unspecified atom stereocenters. The highest BCUT2D eigenvalue weighted by Crippen LogP contribution is 2.37. The van der Waals surface area contributed by atoms with E-state index in [1.165, 1.54) is 12.1 Å². The number of halogens is 1. The summed E-state index contributed by atoms with van der Waals surface area (Å²) in [5, 5.41) is 7.71. The van der Waals surface area contributed by atoms with Gasteiger partial charge in [0, 0.05) is 43.7 Å². The molecule has 1 atom stereocenters. The fourth-order valence-electron chi connectivity index (χ4n) is 4.46. The van der Waals surface area contributed by atoms with Crippen molar-refractivity contribution < 1.29 is 9.18 Å². The first-order chi connectivity index (χ1) is 17.0. The number of carbonyl (C=O) groups is 1. The number of piperidine rings is 1. The number of hydrogen-bond donors (Lipinski definition) is 0. The zero-order valence-corrected chi connectivity index (χ0v) is 19.7. The second-order valence-corrected chi connectivity index (χ2v) is 8.80. The predicted octanol–water partition coefficient (Wildman–Crippen LogP) is 4.30. The third-order valence-corrected chi connectivity index (χ3v) is 6.25. The van der Waals surface area contributed by atoms with E-state index in [2.05, 4.69) is 15.2 Å². The van der Waals surface area contributed by atoms with Crippen LogP contribution in [0.15, 0.2) is 67.4 Å². The average Bonchev–Trinajstić information content (AvgIpc) is 3.44. The van der Waals surface area contributed by atoms with Crippen molar-refractivity contribution >= 4 is 11.9 Å². The van der Waals surface area contributed by atoms with Crippen molar-refractivity contribution in [3.8, 4) is 16.8 Å². The van der Waals surface area contributed by atoms with E-state index in [1.54, 1.807) is 35.6 Å². The molecule has 2 aromatic heterocycles.